The highest BCUT2D eigenvalue weighted by atomic mass is 15.5. The first-order valence-electron chi connectivity index (χ1n) is 33.0. The molecule has 0 amide bonds. The third-order valence-electron chi connectivity index (χ3n) is 17.9. The molecule has 10 nitrogen and oxygen atoms in total. The molecule has 9 aromatic rings. The van der Waals surface area contributed by atoms with Crippen molar-refractivity contribution >= 4 is 86.6 Å². The van der Waals surface area contributed by atoms with Crippen LogP contribution in [0.4, 0.5) is 51.2 Å². The second-order valence-corrected chi connectivity index (χ2v) is 31.3. The molecular formula is C84H90N10. The lowest BCUT2D eigenvalue weighted by molar-refractivity contribution is 0.590. The molecule has 94 heavy (non-hydrogen) atoms. The molecule has 9 aromatic carbocycles. The highest BCUT2D eigenvalue weighted by molar-refractivity contribution is 6.34. The summed E-state index contributed by atoms with van der Waals surface area (Å²) in [5, 5.41) is 0. The van der Waals surface area contributed by atoms with Crippen LogP contribution in [0.15, 0.2) is 248 Å². The summed E-state index contributed by atoms with van der Waals surface area (Å²) in [6, 6.07) is 78.9. The van der Waals surface area contributed by atoms with E-state index in [9.17, 15) is 0 Å². The van der Waals surface area contributed by atoms with E-state index in [1.807, 2.05) is 0 Å². The first-order valence-corrected chi connectivity index (χ1v) is 33.0. The van der Waals surface area contributed by atoms with Crippen LogP contribution in [0.5, 0.6) is 0 Å². The van der Waals surface area contributed by atoms with Crippen LogP contribution in [0.25, 0.3) is 0 Å². The van der Waals surface area contributed by atoms with Gasteiger partial charge in [-0.1, -0.05) is 197 Å². The van der Waals surface area contributed by atoms with Gasteiger partial charge in [-0.05, 0) is 211 Å². The van der Waals surface area contributed by atoms with Crippen molar-refractivity contribution in [1.29, 1.82) is 0 Å². The Labute approximate surface area is 558 Å². The Morgan fingerprint density at radius 3 is 0.468 bits per heavy atom. The van der Waals surface area contributed by atoms with Crippen LogP contribution in [-0.4, -0.2) is 40.3 Å². The van der Waals surface area contributed by atoms with Crippen molar-refractivity contribution in [3.8, 4) is 0 Å². The number of benzene rings is 9. The van der Waals surface area contributed by atoms with E-state index in [4.69, 9.17) is 30.0 Å². The summed E-state index contributed by atoms with van der Waals surface area (Å²) in [4.78, 5) is 40.1. The maximum absolute atomic E-state index is 5.23. The SMILES string of the molecule is CC(C)(C)c1ccc(N(c2ccc(C3=NC4=NC(c5ccc(N(c6ccc(C(C)(C)C)cc6)c6ccc(C(C)(C)C)cc6)cc5)=NC5=NC(c6ccc(N(c7ccc(C(C)(C)C)cc7)c7ccc(C(C)(C)C)cc7)cc6)=NC(=N3)N45)cc2)c2ccc(C(C)(C)C)cc2)cc1. The molecule has 10 heteroatoms. The molecule has 0 aliphatic carbocycles. The van der Waals surface area contributed by atoms with Gasteiger partial charge in [0.15, 0.2) is 17.5 Å². The molecule has 0 radical (unpaired) electrons. The van der Waals surface area contributed by atoms with Gasteiger partial charge in [-0.2, -0.15) is 30.0 Å². The quantitative estimate of drug-likeness (QED) is 0.122. The smallest absolute Gasteiger partial charge is 0.243 e. The molecule has 0 unspecified atom stereocenters. The number of nitrogens with zero attached hydrogens (tertiary/aromatic N) is 10. The molecule has 3 heterocycles. The van der Waals surface area contributed by atoms with Crippen molar-refractivity contribution < 1.29 is 0 Å². The summed E-state index contributed by atoms with van der Waals surface area (Å²) in [6.07, 6.45) is 0. The van der Waals surface area contributed by atoms with Gasteiger partial charge in [0.25, 0.3) is 0 Å². The van der Waals surface area contributed by atoms with Gasteiger partial charge in [0.1, 0.15) is 0 Å². The van der Waals surface area contributed by atoms with Crippen molar-refractivity contribution in [2.24, 2.45) is 30.0 Å². The van der Waals surface area contributed by atoms with Crippen molar-refractivity contribution in [3.63, 3.8) is 0 Å². The van der Waals surface area contributed by atoms with E-state index in [1.165, 1.54) is 33.4 Å². The van der Waals surface area contributed by atoms with Gasteiger partial charge in [-0.25, -0.2) is 4.90 Å². The maximum Gasteiger partial charge on any atom is 0.243 e. The number of rotatable bonds is 12. The number of guanidine groups is 3. The zero-order valence-electron chi connectivity index (χ0n) is 58.3. The van der Waals surface area contributed by atoms with E-state index < -0.39 is 0 Å². The highest BCUT2D eigenvalue weighted by Gasteiger charge is 2.36. The Kier molecular flexibility index (Phi) is 16.6. The number of amidine groups is 3. The Morgan fingerprint density at radius 2 is 0.330 bits per heavy atom. The summed E-state index contributed by atoms with van der Waals surface area (Å²) in [7, 11) is 0. The molecule has 0 N–H and O–H groups in total. The van der Waals surface area contributed by atoms with Crippen molar-refractivity contribution in [2.75, 3.05) is 14.7 Å². The van der Waals surface area contributed by atoms with Gasteiger partial charge < -0.3 is 14.7 Å². The van der Waals surface area contributed by atoms with E-state index >= 15 is 0 Å². The zero-order valence-corrected chi connectivity index (χ0v) is 58.3. The highest BCUT2D eigenvalue weighted by Crippen LogP contribution is 2.42. The minimum atomic E-state index is 0.0143. The molecule has 0 fully saturated rings. The Balaban J connectivity index is 0.946. The normalized spacial score (nSPS) is 14.4. The molecule has 12 rings (SSSR count). The first-order chi connectivity index (χ1) is 44.3. The largest absolute Gasteiger partial charge is 0.311 e. The monoisotopic (exact) mass is 1240 g/mol. The minimum absolute atomic E-state index is 0.0143. The van der Waals surface area contributed by atoms with Gasteiger partial charge in [0.05, 0.1) is 0 Å². The minimum Gasteiger partial charge on any atom is -0.311 e. The third-order valence-corrected chi connectivity index (χ3v) is 17.9. The summed E-state index contributed by atoms with van der Waals surface area (Å²) in [5.41, 5.74) is 19.5. The Morgan fingerprint density at radius 1 is 0.191 bits per heavy atom. The third kappa shape index (κ3) is 13.5. The molecule has 0 atom stereocenters. The van der Waals surface area contributed by atoms with Crippen LogP contribution >= 0.6 is 0 Å². The van der Waals surface area contributed by atoms with Gasteiger partial charge in [0.2, 0.25) is 17.9 Å². The lowest BCUT2D eigenvalue weighted by atomic mass is 9.86. The van der Waals surface area contributed by atoms with E-state index in [0.717, 1.165) is 67.9 Å². The van der Waals surface area contributed by atoms with Crippen molar-refractivity contribution in [2.45, 2.75) is 157 Å². The topological polar surface area (TPSA) is 87.1 Å². The van der Waals surface area contributed by atoms with Crippen LogP contribution < -0.4 is 14.7 Å². The summed E-state index contributed by atoms with van der Waals surface area (Å²) in [5.74, 6) is 2.54. The number of aliphatic imine (C=N–C) groups is 6. The van der Waals surface area contributed by atoms with E-state index in [0.29, 0.717) is 35.4 Å². The maximum atomic E-state index is 5.23. The average Bonchev–Trinajstić information content (AvgIpc) is 0.753. The van der Waals surface area contributed by atoms with Crippen LogP contribution in [0.3, 0.4) is 0 Å². The molecule has 0 aromatic heterocycles. The standard InChI is InChI=1S/C84H90N10/c1-79(2,3)58-25-43-67(44-26-58)91(68-45-27-59(28-46-68)80(4,5)6)64-37-19-55(20-38-64)73-85-76-87-74(56-21-39-65(40-22-56)92(69-47-29-60(30-48-69)81(7,8)9)70-49-31-61(32-50-70)82(10,11)12)89-78-90-75(88-77(86-73)94(76)78)57-23-41-66(42-24-57)93(71-51-33-62(34-52-71)83(13,14)15)72-53-35-63(36-54-72)84(16,17)18/h19-54H,1-18H3. The molecule has 0 bridgehead atoms. The molecule has 3 aliphatic heterocycles. The zero-order chi connectivity index (χ0) is 66.9. The fraction of sp³-hybridized carbons (Fsp3) is 0.286. The fourth-order valence-electron chi connectivity index (χ4n) is 12.0. The second kappa shape index (κ2) is 24.3. The predicted octanol–water partition coefficient (Wildman–Crippen LogP) is 21.9. The van der Waals surface area contributed by atoms with E-state index in [1.54, 1.807) is 4.90 Å². The molecule has 0 spiro atoms. The van der Waals surface area contributed by atoms with Gasteiger partial charge >= 0.3 is 0 Å². The second-order valence-electron chi connectivity index (χ2n) is 31.3. The first kappa shape index (κ1) is 64.3. The molecule has 476 valence electrons. The number of hydrogen-bond donors (Lipinski definition) is 0. The van der Waals surface area contributed by atoms with E-state index in [-0.39, 0.29) is 32.5 Å². The van der Waals surface area contributed by atoms with Crippen LogP contribution in [0.2, 0.25) is 0 Å². The van der Waals surface area contributed by atoms with Gasteiger partial charge in [-0.15, -0.1) is 0 Å². The van der Waals surface area contributed by atoms with Gasteiger partial charge in [0, 0.05) is 67.9 Å². The van der Waals surface area contributed by atoms with E-state index in [2.05, 4.69) is 358 Å². The van der Waals surface area contributed by atoms with Crippen molar-refractivity contribution in [3.05, 3.63) is 268 Å². The fourth-order valence-corrected chi connectivity index (χ4v) is 12.0. The van der Waals surface area contributed by atoms with Crippen molar-refractivity contribution in [1.82, 2.24) is 4.90 Å². The number of anilines is 9. The molecule has 0 saturated carbocycles. The summed E-state index contributed by atoms with van der Waals surface area (Å²) < 4.78 is 0. The van der Waals surface area contributed by atoms with Crippen LogP contribution in [0, 0.1) is 0 Å². The number of hydrogen-bond acceptors (Lipinski definition) is 10. The molecule has 0 saturated heterocycles. The lowest BCUT2D eigenvalue weighted by Gasteiger charge is -2.31. The Bertz CT molecular complexity index is 3800. The van der Waals surface area contributed by atoms with Gasteiger partial charge in [-0.3, -0.25) is 0 Å². The van der Waals surface area contributed by atoms with Crippen LogP contribution in [0.1, 0.15) is 175 Å². The Hall–Kier alpha value is -9.80. The summed E-state index contributed by atoms with van der Waals surface area (Å²) in [6.45, 7) is 40.5. The molecule has 3 aliphatic rings. The lowest BCUT2D eigenvalue weighted by Crippen LogP contribution is -2.48. The van der Waals surface area contributed by atoms with Crippen LogP contribution in [-0.2, 0) is 32.5 Å². The average molecular weight is 1240 g/mol. The predicted molar refractivity (Wildman–Crippen MR) is 399 cm³/mol. The molecular weight excluding hydrogens is 1150 g/mol. The summed E-state index contributed by atoms with van der Waals surface area (Å²) >= 11 is 0.